The number of hydrogen-bond donors (Lipinski definition) is 1. The third kappa shape index (κ3) is 4.52. The molecule has 172 valence electrons. The minimum absolute atomic E-state index is 0.0355. The molecular weight excluding hydrogens is 432 g/mol. The second kappa shape index (κ2) is 9.16. The van der Waals surface area contributed by atoms with E-state index >= 15 is 0 Å². The van der Waals surface area contributed by atoms with E-state index in [1.807, 2.05) is 46.3 Å². The minimum atomic E-state index is -2.79. The van der Waals surface area contributed by atoms with E-state index in [0.29, 0.717) is 17.9 Å². The summed E-state index contributed by atoms with van der Waals surface area (Å²) < 4.78 is 32.2. The largest absolute Gasteiger partial charge is 0.415 e. The number of nitrogens with zero attached hydrogens (tertiary/aromatic N) is 8. The summed E-state index contributed by atoms with van der Waals surface area (Å²) >= 11 is 0. The van der Waals surface area contributed by atoms with E-state index in [4.69, 9.17) is 10.2 Å². The van der Waals surface area contributed by atoms with E-state index in [2.05, 4.69) is 30.4 Å². The zero-order valence-corrected chi connectivity index (χ0v) is 17.7. The lowest BCUT2D eigenvalue weighted by molar-refractivity contribution is 0.116. The number of aromatic nitrogens is 6. The second-order valence-corrected chi connectivity index (χ2v) is 7.88. The lowest BCUT2D eigenvalue weighted by Crippen LogP contribution is -2.38. The molecule has 0 aromatic carbocycles. The van der Waals surface area contributed by atoms with Crippen molar-refractivity contribution in [2.24, 2.45) is 5.73 Å². The second-order valence-electron chi connectivity index (χ2n) is 7.88. The third-order valence-corrected chi connectivity index (χ3v) is 5.76. The van der Waals surface area contributed by atoms with Gasteiger partial charge in [0.05, 0.1) is 30.0 Å². The summed E-state index contributed by atoms with van der Waals surface area (Å²) in [5, 5.41) is 15.5. The van der Waals surface area contributed by atoms with Crippen molar-refractivity contribution >= 4 is 5.82 Å². The van der Waals surface area contributed by atoms with Gasteiger partial charge in [0, 0.05) is 18.9 Å². The van der Waals surface area contributed by atoms with E-state index in [9.17, 15) is 8.78 Å². The Hall–Kier alpha value is -3.51. The maximum atomic E-state index is 12.7. The Morgan fingerprint density at radius 1 is 1.15 bits per heavy atom. The Morgan fingerprint density at radius 2 is 2.06 bits per heavy atom. The van der Waals surface area contributed by atoms with E-state index in [1.165, 1.54) is 0 Å². The molecule has 0 saturated carbocycles. The predicted molar refractivity (Wildman–Crippen MR) is 115 cm³/mol. The molecule has 10 nitrogen and oxygen atoms in total. The zero-order valence-electron chi connectivity index (χ0n) is 17.7. The molecule has 33 heavy (non-hydrogen) atoms. The first kappa shape index (κ1) is 21.3. The SMILES string of the molecule is NC1C=CC=CN1c1cn(CCN2CCCC2c2ccc(-c3nnc(C(F)F)o3)cn2)nn1. The molecule has 3 aromatic rings. The van der Waals surface area contributed by atoms with Crippen LogP contribution in [0.4, 0.5) is 14.6 Å². The lowest BCUT2D eigenvalue weighted by Gasteiger charge is -2.24. The molecule has 2 atom stereocenters. The summed E-state index contributed by atoms with van der Waals surface area (Å²) in [5.41, 5.74) is 7.52. The summed E-state index contributed by atoms with van der Waals surface area (Å²) in [6.45, 7) is 2.43. The fraction of sp³-hybridized carbons (Fsp3) is 0.381. The van der Waals surface area contributed by atoms with Gasteiger partial charge in [0.25, 0.3) is 5.89 Å². The number of nitrogens with two attached hydrogens (primary N) is 1. The van der Waals surface area contributed by atoms with Crippen molar-refractivity contribution in [3.63, 3.8) is 0 Å². The number of pyridine rings is 1. The van der Waals surface area contributed by atoms with E-state index in [0.717, 1.165) is 31.6 Å². The maximum absolute atomic E-state index is 12.7. The molecule has 2 aliphatic heterocycles. The number of alkyl halides is 2. The highest BCUT2D eigenvalue weighted by Gasteiger charge is 2.27. The van der Waals surface area contributed by atoms with Crippen molar-refractivity contribution in [1.82, 2.24) is 35.1 Å². The zero-order chi connectivity index (χ0) is 22.8. The number of rotatable bonds is 7. The highest BCUT2D eigenvalue weighted by molar-refractivity contribution is 5.51. The van der Waals surface area contributed by atoms with Crippen molar-refractivity contribution in [1.29, 1.82) is 0 Å². The van der Waals surface area contributed by atoms with Gasteiger partial charge in [0.2, 0.25) is 5.89 Å². The molecule has 1 fully saturated rings. The molecule has 0 amide bonds. The van der Waals surface area contributed by atoms with Crippen LogP contribution in [0.3, 0.4) is 0 Å². The van der Waals surface area contributed by atoms with Crippen LogP contribution in [0.5, 0.6) is 0 Å². The molecule has 0 spiro atoms. The topological polar surface area (TPSA) is 115 Å². The molecule has 3 aromatic heterocycles. The Bertz CT molecular complexity index is 1140. The molecule has 0 bridgehead atoms. The molecule has 0 radical (unpaired) electrons. The fourth-order valence-corrected chi connectivity index (χ4v) is 4.09. The van der Waals surface area contributed by atoms with Crippen molar-refractivity contribution in [2.45, 2.75) is 38.0 Å². The first-order valence-electron chi connectivity index (χ1n) is 10.7. The molecule has 2 N–H and O–H groups in total. The van der Waals surface area contributed by atoms with Gasteiger partial charge in [0.1, 0.15) is 6.17 Å². The van der Waals surface area contributed by atoms with Gasteiger partial charge in [-0.15, -0.1) is 15.3 Å². The van der Waals surface area contributed by atoms with Gasteiger partial charge in [-0.1, -0.05) is 11.3 Å². The van der Waals surface area contributed by atoms with Gasteiger partial charge < -0.3 is 15.1 Å². The monoisotopic (exact) mass is 455 g/mol. The van der Waals surface area contributed by atoms with Gasteiger partial charge in [0.15, 0.2) is 5.82 Å². The van der Waals surface area contributed by atoms with Crippen molar-refractivity contribution in [3.8, 4) is 11.5 Å². The fourth-order valence-electron chi connectivity index (χ4n) is 4.09. The average molecular weight is 455 g/mol. The van der Waals surface area contributed by atoms with E-state index < -0.39 is 12.3 Å². The molecule has 0 aliphatic carbocycles. The van der Waals surface area contributed by atoms with Crippen LogP contribution in [0.1, 0.15) is 36.9 Å². The van der Waals surface area contributed by atoms with Gasteiger partial charge in [-0.3, -0.25) is 9.88 Å². The van der Waals surface area contributed by atoms with Crippen molar-refractivity contribution in [3.05, 3.63) is 60.5 Å². The smallest absolute Gasteiger partial charge is 0.314 e. The molecule has 1 saturated heterocycles. The molecular formula is C21H23F2N9O. The lowest BCUT2D eigenvalue weighted by atomic mass is 10.1. The molecule has 2 aliphatic rings. The predicted octanol–water partition coefficient (Wildman–Crippen LogP) is 2.67. The summed E-state index contributed by atoms with van der Waals surface area (Å²) in [5.74, 6) is 0.0461. The number of hydrogen-bond acceptors (Lipinski definition) is 9. The number of halogens is 2. The van der Waals surface area contributed by atoms with Crippen LogP contribution in [0.15, 0.2) is 53.4 Å². The third-order valence-electron chi connectivity index (χ3n) is 5.76. The first-order chi connectivity index (χ1) is 16.1. The quantitative estimate of drug-likeness (QED) is 0.574. The van der Waals surface area contributed by atoms with Crippen LogP contribution in [0, 0.1) is 0 Å². The Morgan fingerprint density at radius 3 is 2.82 bits per heavy atom. The number of anilines is 1. The Kier molecular flexibility index (Phi) is 5.92. The molecule has 5 heterocycles. The van der Waals surface area contributed by atoms with Crippen LogP contribution >= 0.6 is 0 Å². The van der Waals surface area contributed by atoms with E-state index in [1.54, 1.807) is 12.3 Å². The van der Waals surface area contributed by atoms with Crippen molar-refractivity contribution in [2.75, 3.05) is 18.0 Å². The highest BCUT2D eigenvalue weighted by Crippen LogP contribution is 2.31. The van der Waals surface area contributed by atoms with Gasteiger partial charge >= 0.3 is 6.43 Å². The van der Waals surface area contributed by atoms with Gasteiger partial charge in [-0.25, -0.2) is 4.68 Å². The van der Waals surface area contributed by atoms with Crippen LogP contribution < -0.4 is 10.6 Å². The Labute approximate surface area is 188 Å². The summed E-state index contributed by atoms with van der Waals surface area (Å²) in [6, 6.07) is 3.83. The minimum Gasteiger partial charge on any atom is -0.415 e. The van der Waals surface area contributed by atoms with Crippen LogP contribution in [0.25, 0.3) is 11.5 Å². The summed E-state index contributed by atoms with van der Waals surface area (Å²) in [6.07, 6.45) is 10.1. The average Bonchev–Trinajstić information content (AvgIpc) is 3.59. The maximum Gasteiger partial charge on any atom is 0.314 e. The summed E-state index contributed by atoms with van der Waals surface area (Å²) in [7, 11) is 0. The standard InChI is InChI=1S/C21H23F2N9O/c22-19(23)21-28-27-20(33-21)14-6-7-15(25-12-14)16-4-3-8-30(16)10-11-31-13-18(26-29-31)32-9-2-1-5-17(32)24/h1-2,5-7,9,12-13,16-17,19H,3-4,8,10-11,24H2. The number of likely N-dealkylation sites (tertiary alicyclic amines) is 1. The Balaban J connectivity index is 1.22. The number of allylic oxidation sites excluding steroid dienone is 2. The van der Waals surface area contributed by atoms with Crippen molar-refractivity contribution < 1.29 is 13.2 Å². The van der Waals surface area contributed by atoms with Crippen LogP contribution in [-0.4, -0.2) is 54.3 Å². The molecule has 12 heteroatoms. The first-order valence-corrected chi connectivity index (χ1v) is 10.7. The normalized spacial score (nSPS) is 20.9. The summed E-state index contributed by atoms with van der Waals surface area (Å²) in [4.78, 5) is 8.77. The van der Waals surface area contributed by atoms with Gasteiger partial charge in [-0.2, -0.15) is 8.78 Å². The highest BCUT2D eigenvalue weighted by atomic mass is 19.3. The molecule has 2 unspecified atom stereocenters. The van der Waals surface area contributed by atoms with Crippen LogP contribution in [0.2, 0.25) is 0 Å². The van der Waals surface area contributed by atoms with Gasteiger partial charge in [-0.05, 0) is 43.7 Å². The molecule has 5 rings (SSSR count). The van der Waals surface area contributed by atoms with E-state index in [-0.39, 0.29) is 18.1 Å². The van der Waals surface area contributed by atoms with Crippen LogP contribution in [-0.2, 0) is 6.54 Å².